The highest BCUT2D eigenvalue weighted by molar-refractivity contribution is 6.10. The predicted octanol–water partition coefficient (Wildman–Crippen LogP) is 3.43. The molecule has 26 heavy (non-hydrogen) atoms. The highest BCUT2D eigenvalue weighted by Crippen LogP contribution is 2.44. The quantitative estimate of drug-likeness (QED) is 0.711. The monoisotopic (exact) mass is 354 g/mol. The number of aryl methyl sites for hydroxylation is 1. The molecule has 2 aromatic carbocycles. The van der Waals surface area contributed by atoms with Gasteiger partial charge < -0.3 is 24.5 Å². The van der Waals surface area contributed by atoms with E-state index in [1.54, 1.807) is 19.4 Å². The number of hydrogen-bond acceptors (Lipinski definition) is 4. The first-order valence-corrected chi connectivity index (χ1v) is 8.22. The maximum absolute atomic E-state index is 12.7. The van der Waals surface area contributed by atoms with Crippen LogP contribution in [0.1, 0.15) is 21.5 Å². The first-order chi connectivity index (χ1) is 12.6. The number of hydrogen-bond donors (Lipinski definition) is 2. The van der Waals surface area contributed by atoms with Crippen molar-refractivity contribution in [3.8, 4) is 17.2 Å². The van der Waals surface area contributed by atoms with Crippen LogP contribution in [0.25, 0.3) is 10.9 Å². The van der Waals surface area contributed by atoms with E-state index in [0.29, 0.717) is 34.7 Å². The van der Waals surface area contributed by atoms with Crippen molar-refractivity contribution in [2.75, 3.05) is 21.3 Å². The van der Waals surface area contributed by atoms with Crippen molar-refractivity contribution in [2.45, 2.75) is 13.5 Å². The van der Waals surface area contributed by atoms with Crippen LogP contribution in [-0.2, 0) is 6.54 Å². The zero-order valence-corrected chi connectivity index (χ0v) is 15.3. The normalized spacial score (nSPS) is 10.6. The van der Waals surface area contributed by atoms with Crippen LogP contribution in [0.4, 0.5) is 0 Å². The minimum Gasteiger partial charge on any atom is -0.493 e. The summed E-state index contributed by atoms with van der Waals surface area (Å²) in [5.74, 6) is 1.26. The van der Waals surface area contributed by atoms with Crippen molar-refractivity contribution >= 4 is 16.8 Å². The van der Waals surface area contributed by atoms with Gasteiger partial charge in [-0.3, -0.25) is 4.79 Å². The highest BCUT2D eigenvalue weighted by atomic mass is 16.5. The van der Waals surface area contributed by atoms with Gasteiger partial charge >= 0.3 is 0 Å². The molecule has 0 radical (unpaired) electrons. The average Bonchev–Trinajstić information content (AvgIpc) is 3.08. The Kier molecular flexibility index (Phi) is 5.02. The van der Waals surface area contributed by atoms with Crippen LogP contribution in [0.3, 0.4) is 0 Å². The molecule has 136 valence electrons. The van der Waals surface area contributed by atoms with Gasteiger partial charge in [-0.05, 0) is 12.5 Å². The molecule has 0 aliphatic rings. The topological polar surface area (TPSA) is 72.6 Å². The van der Waals surface area contributed by atoms with Crippen LogP contribution in [0.2, 0.25) is 0 Å². The van der Waals surface area contributed by atoms with E-state index in [1.807, 2.05) is 31.2 Å². The molecule has 6 nitrogen and oxygen atoms in total. The summed E-state index contributed by atoms with van der Waals surface area (Å²) in [5, 5.41) is 3.61. The van der Waals surface area contributed by atoms with Gasteiger partial charge in [0.05, 0.1) is 37.8 Å². The second-order valence-electron chi connectivity index (χ2n) is 5.94. The third-order valence-corrected chi connectivity index (χ3v) is 4.25. The minimum absolute atomic E-state index is 0.191. The van der Waals surface area contributed by atoms with E-state index in [-0.39, 0.29) is 5.91 Å². The minimum atomic E-state index is -0.191. The number of benzene rings is 2. The number of methoxy groups -OCH3 is 3. The molecule has 1 heterocycles. The van der Waals surface area contributed by atoms with Gasteiger partial charge in [-0.15, -0.1) is 0 Å². The lowest BCUT2D eigenvalue weighted by Crippen LogP contribution is -2.22. The molecular weight excluding hydrogens is 332 g/mol. The van der Waals surface area contributed by atoms with Crippen LogP contribution in [0.15, 0.2) is 36.5 Å². The standard InChI is InChI=1S/C20H22N2O4/c1-12-6-5-7-13(8-12)10-22-20(23)14-11-21-15-9-16(24-2)18(25-3)19(26-4)17(14)15/h5-9,11,21H,10H2,1-4H3,(H,22,23). The van der Waals surface area contributed by atoms with Crippen LogP contribution in [-0.4, -0.2) is 32.2 Å². The zero-order chi connectivity index (χ0) is 18.7. The molecular formula is C20H22N2O4. The lowest BCUT2D eigenvalue weighted by atomic mass is 10.1. The molecule has 1 amide bonds. The van der Waals surface area contributed by atoms with E-state index in [2.05, 4.69) is 10.3 Å². The summed E-state index contributed by atoms with van der Waals surface area (Å²) >= 11 is 0. The van der Waals surface area contributed by atoms with E-state index >= 15 is 0 Å². The van der Waals surface area contributed by atoms with Crippen molar-refractivity contribution in [1.29, 1.82) is 0 Å². The SMILES string of the molecule is COc1cc2[nH]cc(C(=O)NCc3cccc(C)c3)c2c(OC)c1OC. The molecule has 1 aromatic heterocycles. The molecule has 0 spiro atoms. The highest BCUT2D eigenvalue weighted by Gasteiger charge is 2.22. The van der Waals surface area contributed by atoms with Crippen molar-refractivity contribution in [3.63, 3.8) is 0 Å². The Hall–Kier alpha value is -3.15. The number of amides is 1. The van der Waals surface area contributed by atoms with E-state index in [4.69, 9.17) is 14.2 Å². The molecule has 0 saturated carbocycles. The number of rotatable bonds is 6. The molecule has 6 heteroatoms. The first kappa shape index (κ1) is 17.7. The zero-order valence-electron chi connectivity index (χ0n) is 15.3. The Bertz CT molecular complexity index is 946. The van der Waals surface area contributed by atoms with Crippen LogP contribution in [0.5, 0.6) is 17.2 Å². The Morgan fingerprint density at radius 1 is 1.08 bits per heavy atom. The van der Waals surface area contributed by atoms with Gasteiger partial charge in [-0.2, -0.15) is 0 Å². The molecule has 0 fully saturated rings. The molecule has 0 atom stereocenters. The average molecular weight is 354 g/mol. The molecule has 0 bridgehead atoms. The second kappa shape index (κ2) is 7.39. The summed E-state index contributed by atoms with van der Waals surface area (Å²) in [4.78, 5) is 15.8. The van der Waals surface area contributed by atoms with Crippen LogP contribution >= 0.6 is 0 Å². The number of fused-ring (bicyclic) bond motifs is 1. The lowest BCUT2D eigenvalue weighted by molar-refractivity contribution is 0.0952. The van der Waals surface area contributed by atoms with E-state index in [1.165, 1.54) is 14.2 Å². The first-order valence-electron chi connectivity index (χ1n) is 8.22. The Labute approximate surface area is 152 Å². The number of nitrogens with one attached hydrogen (secondary N) is 2. The van der Waals surface area contributed by atoms with E-state index in [9.17, 15) is 4.79 Å². The summed E-state index contributed by atoms with van der Waals surface area (Å²) in [6.45, 7) is 2.47. The number of H-pyrrole nitrogens is 1. The summed E-state index contributed by atoms with van der Waals surface area (Å²) in [7, 11) is 4.63. The fraction of sp³-hybridized carbons (Fsp3) is 0.250. The summed E-state index contributed by atoms with van der Waals surface area (Å²) in [6.07, 6.45) is 1.66. The summed E-state index contributed by atoms with van der Waals surface area (Å²) in [5.41, 5.74) is 3.43. The maximum atomic E-state index is 12.7. The molecule has 0 aliphatic carbocycles. The van der Waals surface area contributed by atoms with Gasteiger partial charge in [0.2, 0.25) is 5.75 Å². The van der Waals surface area contributed by atoms with Gasteiger partial charge in [0.1, 0.15) is 0 Å². The summed E-state index contributed by atoms with van der Waals surface area (Å²) < 4.78 is 16.3. The van der Waals surface area contributed by atoms with Crippen LogP contribution < -0.4 is 19.5 Å². The molecule has 2 N–H and O–H groups in total. The fourth-order valence-electron chi connectivity index (χ4n) is 3.04. The van der Waals surface area contributed by atoms with E-state index in [0.717, 1.165) is 16.6 Å². The number of carbonyl (C=O) groups excluding carboxylic acids is 1. The molecule has 3 aromatic rings. The second-order valence-corrected chi connectivity index (χ2v) is 5.94. The van der Waals surface area contributed by atoms with Gasteiger partial charge in [0.15, 0.2) is 11.5 Å². The fourth-order valence-corrected chi connectivity index (χ4v) is 3.04. The van der Waals surface area contributed by atoms with Gasteiger partial charge in [-0.25, -0.2) is 0 Å². The van der Waals surface area contributed by atoms with Crippen molar-refractivity contribution < 1.29 is 19.0 Å². The van der Waals surface area contributed by atoms with Crippen molar-refractivity contribution in [2.24, 2.45) is 0 Å². The lowest BCUT2D eigenvalue weighted by Gasteiger charge is -2.14. The maximum Gasteiger partial charge on any atom is 0.253 e. The predicted molar refractivity (Wildman–Crippen MR) is 100 cm³/mol. The Balaban J connectivity index is 1.95. The molecule has 0 saturated heterocycles. The summed E-state index contributed by atoms with van der Waals surface area (Å²) in [6, 6.07) is 9.81. The number of aromatic amines is 1. The molecule has 0 aliphatic heterocycles. The number of aromatic nitrogens is 1. The Morgan fingerprint density at radius 2 is 1.85 bits per heavy atom. The smallest absolute Gasteiger partial charge is 0.253 e. The van der Waals surface area contributed by atoms with Gasteiger partial charge in [0, 0.05) is 18.8 Å². The van der Waals surface area contributed by atoms with Gasteiger partial charge in [-0.1, -0.05) is 29.8 Å². The van der Waals surface area contributed by atoms with Crippen molar-refractivity contribution in [1.82, 2.24) is 10.3 Å². The van der Waals surface area contributed by atoms with E-state index < -0.39 is 0 Å². The number of ether oxygens (including phenoxy) is 3. The van der Waals surface area contributed by atoms with Crippen LogP contribution in [0, 0.1) is 6.92 Å². The van der Waals surface area contributed by atoms with Crippen molar-refractivity contribution in [3.05, 3.63) is 53.2 Å². The van der Waals surface area contributed by atoms with Gasteiger partial charge in [0.25, 0.3) is 5.91 Å². The number of carbonyl (C=O) groups is 1. The third kappa shape index (κ3) is 3.18. The third-order valence-electron chi connectivity index (χ3n) is 4.25. The molecule has 0 unspecified atom stereocenters. The molecule has 3 rings (SSSR count). The largest absolute Gasteiger partial charge is 0.493 e. The Morgan fingerprint density at radius 3 is 2.50 bits per heavy atom.